The number of aliphatic hydroxyl groups is 2. The van der Waals surface area contributed by atoms with Crippen molar-refractivity contribution in [1.82, 2.24) is 0 Å². The Morgan fingerprint density at radius 3 is 1.57 bits per heavy atom. The minimum Gasteiger partial charge on any atom is -0.478 e. The molecule has 0 aromatic carbocycles. The molecule has 13 heteroatoms. The van der Waals surface area contributed by atoms with Crippen molar-refractivity contribution in [3.8, 4) is 0 Å². The summed E-state index contributed by atoms with van der Waals surface area (Å²) in [6, 6.07) is 0. The lowest BCUT2D eigenvalue weighted by Gasteiger charge is -2.34. The minimum absolute atomic E-state index is 0.833. The molecule has 0 bridgehead atoms. The summed E-state index contributed by atoms with van der Waals surface area (Å²) in [6.07, 6.45) is -11.1. The van der Waals surface area contributed by atoms with E-state index in [0.717, 1.165) is 6.08 Å². The van der Waals surface area contributed by atoms with Gasteiger partial charge in [-0.2, -0.15) is 39.5 Å². The fourth-order valence-corrected chi connectivity index (χ4v) is 0.896. The van der Waals surface area contributed by atoms with Crippen LogP contribution in [0.4, 0.5) is 39.5 Å². The van der Waals surface area contributed by atoms with Crippen LogP contribution in [0.5, 0.6) is 0 Å². The van der Waals surface area contributed by atoms with Gasteiger partial charge < -0.3 is 15.3 Å². The lowest BCUT2D eigenvalue weighted by Crippen LogP contribution is -2.61. The Bertz CT molecular complexity index is 406. The lowest BCUT2D eigenvalue weighted by molar-refractivity contribution is -0.398. The first-order chi connectivity index (χ1) is 9.97. The summed E-state index contributed by atoms with van der Waals surface area (Å²) < 4.78 is 110. The molecule has 23 heavy (non-hydrogen) atoms. The largest absolute Gasteiger partial charge is 0.478 e. The van der Waals surface area contributed by atoms with Crippen LogP contribution in [0.1, 0.15) is 6.42 Å². The number of hydrogen-bond donors (Lipinski definition) is 3. The molecule has 0 saturated heterocycles. The molecule has 0 rings (SSSR count). The number of halogens is 9. The summed E-state index contributed by atoms with van der Waals surface area (Å²) in [5.74, 6) is -20.6. The van der Waals surface area contributed by atoms with Gasteiger partial charge in [-0.3, -0.25) is 0 Å². The molecule has 0 aromatic rings. The molecular weight excluding hydrogens is 355 g/mol. The third kappa shape index (κ3) is 5.89. The molecule has 3 N–H and O–H groups in total. The maximum Gasteiger partial charge on any atom is 0.460 e. The van der Waals surface area contributed by atoms with E-state index in [1.165, 1.54) is 0 Å². The topological polar surface area (TPSA) is 77.8 Å². The van der Waals surface area contributed by atoms with E-state index >= 15 is 0 Å². The highest BCUT2D eigenvalue weighted by Gasteiger charge is 2.81. The monoisotopic (exact) mass is 366 g/mol. The third-order valence-corrected chi connectivity index (χ3v) is 2.09. The van der Waals surface area contributed by atoms with Crippen LogP contribution in [0.25, 0.3) is 0 Å². The first-order valence-electron chi connectivity index (χ1n) is 5.32. The van der Waals surface area contributed by atoms with E-state index in [1.807, 2.05) is 0 Å². The zero-order valence-electron chi connectivity index (χ0n) is 10.9. The number of aliphatic carboxylic acids is 1. The van der Waals surface area contributed by atoms with Crippen LogP contribution in [0, 0.1) is 0 Å². The van der Waals surface area contributed by atoms with E-state index in [9.17, 15) is 44.3 Å². The molecule has 0 aliphatic rings. The van der Waals surface area contributed by atoms with Gasteiger partial charge >= 0.3 is 29.9 Å². The van der Waals surface area contributed by atoms with Crippen molar-refractivity contribution < 1.29 is 59.6 Å². The standard InChI is InChI=1S/C7H7F9O2.C3H4O2/c8-4(9,1-3(18)2-17)5(10,11)6(12,13)7(14,15)16;1-2-3(4)5/h3,17-18H,1-2H2;2H,1H2,(H,4,5). The number of aliphatic hydroxyl groups excluding tert-OH is 2. The number of carboxylic acid groups (broad SMARTS) is 1. The van der Waals surface area contributed by atoms with Crippen LogP contribution in [0.2, 0.25) is 0 Å². The molecule has 0 heterocycles. The van der Waals surface area contributed by atoms with Crippen molar-refractivity contribution in [2.24, 2.45) is 0 Å². The van der Waals surface area contributed by atoms with Gasteiger partial charge in [-0.15, -0.1) is 0 Å². The highest BCUT2D eigenvalue weighted by Crippen LogP contribution is 2.54. The Kier molecular flexibility index (Phi) is 8.12. The van der Waals surface area contributed by atoms with Gasteiger partial charge in [0.2, 0.25) is 0 Å². The Morgan fingerprint density at radius 2 is 1.35 bits per heavy atom. The fourth-order valence-electron chi connectivity index (χ4n) is 0.896. The van der Waals surface area contributed by atoms with Crippen molar-refractivity contribution in [2.45, 2.75) is 36.5 Å². The van der Waals surface area contributed by atoms with Gasteiger partial charge in [0.05, 0.1) is 12.7 Å². The number of alkyl halides is 9. The first-order valence-corrected chi connectivity index (χ1v) is 5.32. The van der Waals surface area contributed by atoms with Crippen molar-refractivity contribution in [3.63, 3.8) is 0 Å². The molecule has 1 unspecified atom stereocenters. The van der Waals surface area contributed by atoms with Crippen molar-refractivity contribution in [1.29, 1.82) is 0 Å². The van der Waals surface area contributed by atoms with E-state index in [1.54, 1.807) is 0 Å². The van der Waals surface area contributed by atoms with Gasteiger partial charge in [0, 0.05) is 12.5 Å². The Morgan fingerprint density at radius 1 is 1.00 bits per heavy atom. The minimum atomic E-state index is -6.97. The van der Waals surface area contributed by atoms with Crippen LogP contribution in [-0.4, -0.2) is 57.9 Å². The van der Waals surface area contributed by atoms with Gasteiger partial charge in [0.15, 0.2) is 0 Å². The third-order valence-electron chi connectivity index (χ3n) is 2.09. The number of rotatable bonds is 6. The van der Waals surface area contributed by atoms with Crippen LogP contribution >= 0.6 is 0 Å². The van der Waals surface area contributed by atoms with Gasteiger partial charge in [0.1, 0.15) is 0 Å². The summed E-state index contributed by atoms with van der Waals surface area (Å²) in [5.41, 5.74) is 0. The van der Waals surface area contributed by atoms with Crippen molar-refractivity contribution in [2.75, 3.05) is 6.61 Å². The molecule has 0 saturated carbocycles. The average molecular weight is 366 g/mol. The summed E-state index contributed by atoms with van der Waals surface area (Å²) in [6.45, 7) is 1.46. The van der Waals surface area contributed by atoms with Crippen molar-refractivity contribution in [3.05, 3.63) is 12.7 Å². The number of hydrogen-bond acceptors (Lipinski definition) is 3. The molecule has 0 spiro atoms. The SMILES string of the molecule is C=CC(=O)O.OCC(O)CC(F)(F)C(F)(F)C(F)(F)C(F)(F)F. The zero-order valence-corrected chi connectivity index (χ0v) is 10.9. The second-order valence-electron chi connectivity index (χ2n) is 3.93. The Labute approximate surface area is 122 Å². The highest BCUT2D eigenvalue weighted by molar-refractivity contribution is 5.78. The molecule has 4 nitrogen and oxygen atoms in total. The van der Waals surface area contributed by atoms with Crippen LogP contribution < -0.4 is 0 Å². The van der Waals surface area contributed by atoms with E-state index < -0.39 is 49.0 Å². The van der Waals surface area contributed by atoms with Gasteiger partial charge in [-0.05, 0) is 0 Å². The summed E-state index contributed by atoms with van der Waals surface area (Å²) in [5, 5.41) is 24.1. The maximum absolute atomic E-state index is 12.7. The molecule has 0 aliphatic heterocycles. The number of carboxylic acids is 1. The molecule has 1 atom stereocenters. The smallest absolute Gasteiger partial charge is 0.460 e. The quantitative estimate of drug-likeness (QED) is 0.499. The molecule has 138 valence electrons. The second-order valence-corrected chi connectivity index (χ2v) is 3.93. The molecular formula is C10H11F9O4. The normalized spacial score (nSPS) is 14.6. The van der Waals surface area contributed by atoms with E-state index in [4.69, 9.17) is 15.3 Å². The predicted octanol–water partition coefficient (Wildman–Crippen LogP) is 2.45. The summed E-state index contributed by atoms with van der Waals surface area (Å²) in [7, 11) is 0. The summed E-state index contributed by atoms with van der Waals surface area (Å²) in [4.78, 5) is 9.25. The average Bonchev–Trinajstić information content (AvgIpc) is 2.36. The molecule has 0 aliphatic carbocycles. The van der Waals surface area contributed by atoms with E-state index in [2.05, 4.69) is 6.58 Å². The first kappa shape index (κ1) is 23.8. The second kappa shape index (κ2) is 7.86. The molecule has 0 fully saturated rings. The lowest BCUT2D eigenvalue weighted by atomic mass is 9.99. The molecule has 0 radical (unpaired) electrons. The summed E-state index contributed by atoms with van der Waals surface area (Å²) >= 11 is 0. The maximum atomic E-state index is 12.7. The number of carbonyl (C=O) groups is 1. The molecule has 0 aromatic heterocycles. The van der Waals surface area contributed by atoms with Crippen LogP contribution in [0.3, 0.4) is 0 Å². The predicted molar refractivity (Wildman–Crippen MR) is 56.4 cm³/mol. The van der Waals surface area contributed by atoms with Crippen molar-refractivity contribution >= 4 is 5.97 Å². The van der Waals surface area contributed by atoms with Gasteiger partial charge in [0.25, 0.3) is 0 Å². The fraction of sp³-hybridized carbons (Fsp3) is 0.700. The Balaban J connectivity index is 0. The van der Waals surface area contributed by atoms with Gasteiger partial charge in [-0.1, -0.05) is 6.58 Å². The van der Waals surface area contributed by atoms with E-state index in [0.29, 0.717) is 0 Å². The van der Waals surface area contributed by atoms with Crippen LogP contribution in [-0.2, 0) is 4.79 Å². The zero-order chi connectivity index (χ0) is 19.3. The van der Waals surface area contributed by atoms with E-state index in [-0.39, 0.29) is 0 Å². The van der Waals surface area contributed by atoms with Crippen LogP contribution in [0.15, 0.2) is 12.7 Å². The highest BCUT2D eigenvalue weighted by atomic mass is 19.4. The Hall–Kier alpha value is -1.50. The molecule has 0 amide bonds. The van der Waals surface area contributed by atoms with Gasteiger partial charge in [-0.25, -0.2) is 4.79 Å².